The summed E-state index contributed by atoms with van der Waals surface area (Å²) >= 11 is 5.94. The van der Waals surface area contributed by atoms with E-state index in [2.05, 4.69) is 32.2 Å². The molecule has 0 radical (unpaired) electrons. The lowest BCUT2D eigenvalue weighted by atomic mass is 10.00. The predicted octanol–water partition coefficient (Wildman–Crippen LogP) is 4.45. The zero-order chi connectivity index (χ0) is 12.8. The number of nitrogens with zero attached hydrogens (tertiary/aromatic N) is 1. The van der Waals surface area contributed by atoms with Gasteiger partial charge in [0.2, 0.25) is 0 Å². The van der Waals surface area contributed by atoms with Crippen molar-refractivity contribution >= 4 is 17.3 Å². The van der Waals surface area contributed by atoms with E-state index < -0.39 is 0 Å². The van der Waals surface area contributed by atoms with E-state index in [1.54, 1.807) is 12.1 Å². The molecule has 1 aromatic carbocycles. The van der Waals surface area contributed by atoms with Crippen LogP contribution >= 0.6 is 11.6 Å². The van der Waals surface area contributed by atoms with E-state index in [4.69, 9.17) is 16.9 Å². The zero-order valence-electron chi connectivity index (χ0n) is 10.6. The first-order chi connectivity index (χ1) is 8.06. The normalized spacial score (nSPS) is 13.8. The lowest BCUT2D eigenvalue weighted by molar-refractivity contribution is 0.484. The second kappa shape index (κ2) is 6.51. The minimum atomic E-state index is 0.343. The Kier molecular flexibility index (Phi) is 5.31. The Morgan fingerprint density at radius 3 is 2.71 bits per heavy atom. The highest BCUT2D eigenvalue weighted by molar-refractivity contribution is 6.30. The third-order valence-corrected chi connectivity index (χ3v) is 3.19. The lowest BCUT2D eigenvalue weighted by Crippen LogP contribution is -2.18. The molecule has 0 spiro atoms. The van der Waals surface area contributed by atoms with Crippen LogP contribution in [0.4, 0.5) is 5.69 Å². The van der Waals surface area contributed by atoms with Crippen molar-refractivity contribution in [1.82, 2.24) is 0 Å². The Labute approximate surface area is 109 Å². The minimum absolute atomic E-state index is 0.343. The maximum Gasteiger partial charge on any atom is 0.101 e. The maximum atomic E-state index is 9.02. The number of rotatable bonds is 5. The number of benzene rings is 1. The van der Waals surface area contributed by atoms with E-state index in [0.29, 0.717) is 22.5 Å². The summed E-state index contributed by atoms with van der Waals surface area (Å²) in [7, 11) is 0. The molecule has 0 aliphatic heterocycles. The number of anilines is 1. The van der Waals surface area contributed by atoms with Crippen LogP contribution in [-0.4, -0.2) is 6.04 Å². The van der Waals surface area contributed by atoms with Crippen LogP contribution in [0.25, 0.3) is 0 Å². The molecule has 0 aromatic heterocycles. The first kappa shape index (κ1) is 13.9. The molecule has 0 aliphatic rings. The van der Waals surface area contributed by atoms with Gasteiger partial charge in [0, 0.05) is 11.1 Å². The minimum Gasteiger partial charge on any atom is -0.381 e. The fraction of sp³-hybridized carbons (Fsp3) is 0.500. The third kappa shape index (κ3) is 4.28. The quantitative estimate of drug-likeness (QED) is 0.838. The predicted molar refractivity (Wildman–Crippen MR) is 73.3 cm³/mol. The molecule has 0 amide bonds. The van der Waals surface area contributed by atoms with Crippen molar-refractivity contribution in [2.45, 2.75) is 39.7 Å². The molecular formula is C14H19ClN2. The Balaban J connectivity index is 2.74. The van der Waals surface area contributed by atoms with Crippen LogP contribution in [0, 0.1) is 17.2 Å². The molecule has 0 aliphatic carbocycles. The van der Waals surface area contributed by atoms with Crippen LogP contribution in [0.5, 0.6) is 0 Å². The highest BCUT2D eigenvalue weighted by atomic mass is 35.5. The standard InChI is InChI=1S/C14H19ClN2/c1-4-10(2)7-11(3)17-14-8-13(15)6-5-12(14)9-16/h5-6,8,10-11,17H,4,7H2,1-3H3. The number of nitriles is 1. The van der Waals surface area contributed by atoms with Gasteiger partial charge >= 0.3 is 0 Å². The average molecular weight is 251 g/mol. The summed E-state index contributed by atoms with van der Waals surface area (Å²) in [6.45, 7) is 6.56. The van der Waals surface area contributed by atoms with Gasteiger partial charge in [-0.15, -0.1) is 0 Å². The molecule has 3 heteroatoms. The van der Waals surface area contributed by atoms with Gasteiger partial charge < -0.3 is 5.32 Å². The molecule has 0 bridgehead atoms. The van der Waals surface area contributed by atoms with Gasteiger partial charge in [0.05, 0.1) is 11.3 Å². The fourth-order valence-electron chi connectivity index (χ4n) is 1.83. The zero-order valence-corrected chi connectivity index (χ0v) is 11.4. The Hall–Kier alpha value is -1.20. The van der Waals surface area contributed by atoms with Gasteiger partial charge in [-0.1, -0.05) is 31.9 Å². The summed E-state index contributed by atoms with van der Waals surface area (Å²) in [4.78, 5) is 0. The van der Waals surface area contributed by atoms with Crippen molar-refractivity contribution in [2.75, 3.05) is 5.32 Å². The lowest BCUT2D eigenvalue weighted by Gasteiger charge is -2.19. The summed E-state index contributed by atoms with van der Waals surface area (Å²) in [6.07, 6.45) is 2.26. The van der Waals surface area contributed by atoms with E-state index in [1.807, 2.05) is 6.07 Å². The molecule has 1 aromatic rings. The van der Waals surface area contributed by atoms with Crippen molar-refractivity contribution in [3.8, 4) is 6.07 Å². The first-order valence-electron chi connectivity index (χ1n) is 6.03. The molecule has 2 atom stereocenters. The second-order valence-electron chi connectivity index (χ2n) is 4.60. The largest absolute Gasteiger partial charge is 0.381 e. The van der Waals surface area contributed by atoms with Crippen molar-refractivity contribution in [1.29, 1.82) is 5.26 Å². The van der Waals surface area contributed by atoms with E-state index in [-0.39, 0.29) is 0 Å². The summed E-state index contributed by atoms with van der Waals surface area (Å²) in [5, 5.41) is 13.0. The molecule has 0 saturated carbocycles. The highest BCUT2D eigenvalue weighted by Crippen LogP contribution is 2.22. The van der Waals surface area contributed by atoms with Gasteiger partial charge in [-0.2, -0.15) is 5.26 Å². The van der Waals surface area contributed by atoms with Crippen molar-refractivity contribution in [3.63, 3.8) is 0 Å². The van der Waals surface area contributed by atoms with E-state index in [1.165, 1.54) is 6.42 Å². The number of halogens is 1. The highest BCUT2D eigenvalue weighted by Gasteiger charge is 2.09. The Morgan fingerprint density at radius 1 is 1.41 bits per heavy atom. The van der Waals surface area contributed by atoms with Gasteiger partial charge in [-0.05, 0) is 37.5 Å². The molecule has 0 saturated heterocycles. The topological polar surface area (TPSA) is 35.8 Å². The average Bonchev–Trinajstić information content (AvgIpc) is 2.29. The smallest absolute Gasteiger partial charge is 0.101 e. The van der Waals surface area contributed by atoms with Crippen LogP contribution in [0.3, 0.4) is 0 Å². The molecule has 92 valence electrons. The third-order valence-electron chi connectivity index (χ3n) is 2.96. The van der Waals surface area contributed by atoms with Gasteiger partial charge in [0.1, 0.15) is 6.07 Å². The number of hydrogen-bond donors (Lipinski definition) is 1. The summed E-state index contributed by atoms with van der Waals surface area (Å²) < 4.78 is 0. The van der Waals surface area contributed by atoms with Crippen LogP contribution in [0.2, 0.25) is 5.02 Å². The van der Waals surface area contributed by atoms with Crippen molar-refractivity contribution < 1.29 is 0 Å². The summed E-state index contributed by atoms with van der Waals surface area (Å²) in [5.74, 6) is 0.683. The van der Waals surface area contributed by atoms with Crippen LogP contribution < -0.4 is 5.32 Å². The molecular weight excluding hydrogens is 232 g/mol. The van der Waals surface area contributed by atoms with Crippen LogP contribution in [0.1, 0.15) is 39.2 Å². The first-order valence-corrected chi connectivity index (χ1v) is 6.40. The van der Waals surface area contributed by atoms with E-state index >= 15 is 0 Å². The molecule has 0 heterocycles. The molecule has 1 N–H and O–H groups in total. The molecule has 2 nitrogen and oxygen atoms in total. The second-order valence-corrected chi connectivity index (χ2v) is 5.03. The van der Waals surface area contributed by atoms with Crippen LogP contribution in [0.15, 0.2) is 18.2 Å². The van der Waals surface area contributed by atoms with Crippen molar-refractivity contribution in [2.24, 2.45) is 5.92 Å². The maximum absolute atomic E-state index is 9.02. The number of nitrogens with one attached hydrogen (secondary N) is 1. The van der Waals surface area contributed by atoms with E-state index in [0.717, 1.165) is 12.1 Å². The molecule has 17 heavy (non-hydrogen) atoms. The summed E-state index contributed by atoms with van der Waals surface area (Å²) in [6, 6.07) is 7.82. The van der Waals surface area contributed by atoms with E-state index in [9.17, 15) is 0 Å². The van der Waals surface area contributed by atoms with Gasteiger partial charge in [0.25, 0.3) is 0 Å². The molecule has 2 unspecified atom stereocenters. The van der Waals surface area contributed by atoms with Crippen LogP contribution in [-0.2, 0) is 0 Å². The van der Waals surface area contributed by atoms with Crippen molar-refractivity contribution in [3.05, 3.63) is 28.8 Å². The SMILES string of the molecule is CCC(C)CC(C)Nc1cc(Cl)ccc1C#N. The Bertz CT molecular complexity index is 409. The molecule has 0 fully saturated rings. The molecule has 1 rings (SSSR count). The van der Waals surface area contributed by atoms with Gasteiger partial charge in [-0.25, -0.2) is 0 Å². The fourth-order valence-corrected chi connectivity index (χ4v) is 2.00. The van der Waals surface area contributed by atoms with Gasteiger partial charge in [0.15, 0.2) is 0 Å². The monoisotopic (exact) mass is 250 g/mol. The summed E-state index contributed by atoms with van der Waals surface area (Å²) in [5.41, 5.74) is 1.47. The number of hydrogen-bond acceptors (Lipinski definition) is 2. The Morgan fingerprint density at radius 2 is 2.12 bits per heavy atom. The van der Waals surface area contributed by atoms with Gasteiger partial charge in [-0.3, -0.25) is 0 Å².